The Kier molecular flexibility index (Phi) is 4.22. The van der Waals surface area contributed by atoms with Gasteiger partial charge in [-0.2, -0.15) is 0 Å². The van der Waals surface area contributed by atoms with Crippen molar-refractivity contribution in [3.05, 3.63) is 58.3 Å². The van der Waals surface area contributed by atoms with Crippen molar-refractivity contribution in [2.45, 2.75) is 4.90 Å². The first-order chi connectivity index (χ1) is 9.32. The van der Waals surface area contributed by atoms with E-state index in [0.29, 0.717) is 5.02 Å². The molecule has 0 aliphatic carbocycles. The number of sulfonamides is 1. The fraction of sp³-hybridized carbons (Fsp3) is 0.0769. The van der Waals surface area contributed by atoms with E-state index >= 15 is 0 Å². The zero-order valence-corrected chi connectivity index (χ0v) is 12.7. The minimum absolute atomic E-state index is 0.0301. The third-order valence-electron chi connectivity index (χ3n) is 2.72. The van der Waals surface area contributed by atoms with Gasteiger partial charge in [0.25, 0.3) is 10.0 Å². The Morgan fingerprint density at radius 2 is 1.65 bits per heavy atom. The Morgan fingerprint density at radius 3 is 2.25 bits per heavy atom. The summed E-state index contributed by atoms with van der Waals surface area (Å²) < 4.78 is 38.7. The van der Waals surface area contributed by atoms with E-state index in [-0.39, 0.29) is 15.6 Å². The van der Waals surface area contributed by atoms with Crippen LogP contribution in [0.25, 0.3) is 0 Å². The quantitative estimate of drug-likeness (QED) is 0.852. The predicted octanol–water partition coefficient (Wildman–Crippen LogP) is 3.96. The van der Waals surface area contributed by atoms with E-state index < -0.39 is 15.8 Å². The minimum Gasteiger partial charge on any atom is -0.268 e. The smallest absolute Gasteiger partial charge is 0.264 e. The van der Waals surface area contributed by atoms with Crippen LogP contribution < -0.4 is 4.31 Å². The summed E-state index contributed by atoms with van der Waals surface area (Å²) in [7, 11) is -2.47. The largest absolute Gasteiger partial charge is 0.268 e. The second-order valence-electron chi connectivity index (χ2n) is 4.02. The van der Waals surface area contributed by atoms with Crippen LogP contribution in [-0.2, 0) is 10.0 Å². The standard InChI is InChI=1S/C13H10Cl2FNO2S/c1-17(13-8-9(14)2-7-12(13)15)20(18,19)11-5-3-10(16)4-6-11/h2-8H,1H3. The highest BCUT2D eigenvalue weighted by Gasteiger charge is 2.23. The molecule has 0 unspecified atom stereocenters. The molecule has 0 fully saturated rings. The van der Waals surface area contributed by atoms with Crippen LogP contribution in [0, 0.1) is 5.82 Å². The molecule has 2 aromatic rings. The number of hydrogen-bond donors (Lipinski definition) is 0. The van der Waals surface area contributed by atoms with Gasteiger partial charge >= 0.3 is 0 Å². The van der Waals surface area contributed by atoms with Crippen molar-refractivity contribution in [1.82, 2.24) is 0 Å². The molecule has 3 nitrogen and oxygen atoms in total. The van der Waals surface area contributed by atoms with Gasteiger partial charge in [-0.3, -0.25) is 4.31 Å². The van der Waals surface area contributed by atoms with Gasteiger partial charge in [-0.15, -0.1) is 0 Å². The van der Waals surface area contributed by atoms with Gasteiger partial charge in [-0.25, -0.2) is 12.8 Å². The second-order valence-corrected chi connectivity index (χ2v) is 6.84. The molecule has 7 heteroatoms. The molecule has 0 atom stereocenters. The van der Waals surface area contributed by atoms with Crippen molar-refractivity contribution in [3.63, 3.8) is 0 Å². The minimum atomic E-state index is -3.82. The summed E-state index contributed by atoms with van der Waals surface area (Å²) in [5.74, 6) is -0.507. The molecular weight excluding hydrogens is 324 g/mol. The fourth-order valence-electron chi connectivity index (χ4n) is 1.62. The molecule has 0 spiro atoms. The highest BCUT2D eigenvalue weighted by Crippen LogP contribution is 2.31. The maximum Gasteiger partial charge on any atom is 0.264 e. The van der Waals surface area contributed by atoms with Crippen LogP contribution in [0.15, 0.2) is 47.4 Å². The third-order valence-corrected chi connectivity index (χ3v) is 5.06. The Hall–Kier alpha value is -1.30. The summed E-state index contributed by atoms with van der Waals surface area (Å²) in [5, 5.41) is 0.619. The molecule has 0 aromatic heterocycles. The molecule has 0 bridgehead atoms. The molecule has 106 valence electrons. The molecule has 0 N–H and O–H groups in total. The summed E-state index contributed by atoms with van der Waals surface area (Å²) in [4.78, 5) is -0.0301. The van der Waals surface area contributed by atoms with Gasteiger partial charge in [0, 0.05) is 12.1 Å². The molecule has 0 aliphatic rings. The maximum absolute atomic E-state index is 12.9. The van der Waals surface area contributed by atoms with Gasteiger partial charge in [0.05, 0.1) is 15.6 Å². The van der Waals surface area contributed by atoms with E-state index in [9.17, 15) is 12.8 Å². The molecule has 2 aromatic carbocycles. The number of hydrogen-bond acceptors (Lipinski definition) is 2. The number of halogens is 3. The van der Waals surface area contributed by atoms with Gasteiger partial charge < -0.3 is 0 Å². The molecule has 0 aliphatic heterocycles. The molecular formula is C13H10Cl2FNO2S. The zero-order chi connectivity index (χ0) is 14.9. The van der Waals surface area contributed by atoms with Crippen LogP contribution in [0.5, 0.6) is 0 Å². The Bertz CT molecular complexity index is 733. The lowest BCUT2D eigenvalue weighted by Gasteiger charge is -2.20. The van der Waals surface area contributed by atoms with Gasteiger partial charge in [-0.05, 0) is 42.5 Å². The lowest BCUT2D eigenvalue weighted by molar-refractivity contribution is 0.593. The van der Waals surface area contributed by atoms with Crippen LogP contribution in [0.1, 0.15) is 0 Å². The first kappa shape index (κ1) is 15.1. The Balaban J connectivity index is 2.48. The van der Waals surface area contributed by atoms with Crippen LogP contribution in [0.4, 0.5) is 10.1 Å². The topological polar surface area (TPSA) is 37.4 Å². The van der Waals surface area contributed by atoms with Gasteiger partial charge in [0.1, 0.15) is 5.82 Å². The highest BCUT2D eigenvalue weighted by atomic mass is 35.5. The van der Waals surface area contributed by atoms with Crippen molar-refractivity contribution in [2.24, 2.45) is 0 Å². The van der Waals surface area contributed by atoms with Gasteiger partial charge in [-0.1, -0.05) is 23.2 Å². The predicted molar refractivity (Wildman–Crippen MR) is 78.5 cm³/mol. The third kappa shape index (κ3) is 2.90. The molecule has 20 heavy (non-hydrogen) atoms. The van der Waals surface area contributed by atoms with Crippen LogP contribution in [0.2, 0.25) is 10.0 Å². The van der Waals surface area contributed by atoms with Crippen LogP contribution in [0.3, 0.4) is 0 Å². The molecule has 2 rings (SSSR count). The highest BCUT2D eigenvalue weighted by molar-refractivity contribution is 7.92. The van der Waals surface area contributed by atoms with E-state index in [1.165, 1.54) is 31.3 Å². The summed E-state index contributed by atoms with van der Waals surface area (Å²) in [6.45, 7) is 0. The summed E-state index contributed by atoms with van der Waals surface area (Å²) in [5.41, 5.74) is 0.253. The average Bonchev–Trinajstić information content (AvgIpc) is 2.41. The lowest BCUT2D eigenvalue weighted by Crippen LogP contribution is -2.26. The van der Waals surface area contributed by atoms with Crippen LogP contribution >= 0.6 is 23.2 Å². The van der Waals surface area contributed by atoms with E-state index in [1.807, 2.05) is 0 Å². The first-order valence-corrected chi connectivity index (χ1v) is 7.71. The number of anilines is 1. The van der Waals surface area contributed by atoms with Crippen molar-refractivity contribution in [3.8, 4) is 0 Å². The van der Waals surface area contributed by atoms with E-state index in [1.54, 1.807) is 6.07 Å². The summed E-state index contributed by atoms with van der Waals surface area (Å²) in [6, 6.07) is 9.08. The maximum atomic E-state index is 12.9. The Labute approximate surface area is 126 Å². The van der Waals surface area contributed by atoms with Crippen molar-refractivity contribution >= 4 is 38.9 Å². The van der Waals surface area contributed by atoms with Gasteiger partial charge in [0.15, 0.2) is 0 Å². The number of nitrogens with zero attached hydrogens (tertiary/aromatic N) is 1. The fourth-order valence-corrected chi connectivity index (χ4v) is 3.29. The molecule has 0 saturated carbocycles. The zero-order valence-electron chi connectivity index (χ0n) is 10.3. The SMILES string of the molecule is CN(c1cc(Cl)ccc1Cl)S(=O)(=O)c1ccc(F)cc1. The first-order valence-electron chi connectivity index (χ1n) is 5.52. The molecule has 0 heterocycles. The molecule has 0 saturated heterocycles. The van der Waals surface area contributed by atoms with Gasteiger partial charge in [0.2, 0.25) is 0 Å². The van der Waals surface area contributed by atoms with Crippen molar-refractivity contribution < 1.29 is 12.8 Å². The van der Waals surface area contributed by atoms with Crippen molar-refractivity contribution in [1.29, 1.82) is 0 Å². The monoisotopic (exact) mass is 333 g/mol. The summed E-state index contributed by atoms with van der Waals surface area (Å²) >= 11 is 11.8. The van der Waals surface area contributed by atoms with Crippen molar-refractivity contribution in [2.75, 3.05) is 11.4 Å². The lowest BCUT2D eigenvalue weighted by atomic mass is 10.3. The second kappa shape index (κ2) is 5.60. The number of benzene rings is 2. The molecule has 0 amide bonds. The van der Waals surface area contributed by atoms with E-state index in [2.05, 4.69) is 0 Å². The van der Waals surface area contributed by atoms with E-state index in [0.717, 1.165) is 16.4 Å². The number of rotatable bonds is 3. The Morgan fingerprint density at radius 1 is 1.05 bits per heavy atom. The van der Waals surface area contributed by atoms with E-state index in [4.69, 9.17) is 23.2 Å². The summed E-state index contributed by atoms with van der Waals surface area (Å²) in [6.07, 6.45) is 0. The molecule has 0 radical (unpaired) electrons. The average molecular weight is 334 g/mol. The van der Waals surface area contributed by atoms with Crippen LogP contribution in [-0.4, -0.2) is 15.5 Å². The normalized spacial score (nSPS) is 11.4.